The number of carbonyl (C=O) groups excluding carboxylic acids is 1. The summed E-state index contributed by atoms with van der Waals surface area (Å²) in [6.07, 6.45) is 8.52. The lowest BCUT2D eigenvalue weighted by molar-refractivity contribution is -0.122. The van der Waals surface area contributed by atoms with Gasteiger partial charge in [0, 0.05) is 12.8 Å². The van der Waals surface area contributed by atoms with E-state index in [1.807, 2.05) is 53.7 Å². The minimum absolute atomic E-state index is 0.446. The maximum atomic E-state index is 11.6. The Morgan fingerprint density at radius 2 is 1.58 bits per heavy atom. The summed E-state index contributed by atoms with van der Waals surface area (Å²) >= 11 is 0. The largest absolute Gasteiger partial charge is 0.300 e. The maximum Gasteiger partial charge on any atom is 0.133 e. The molecule has 0 heterocycles. The fourth-order valence-corrected chi connectivity index (χ4v) is 3.10. The number of benzene rings is 1. The summed E-state index contributed by atoms with van der Waals surface area (Å²) in [5.74, 6) is 1.68. The van der Waals surface area contributed by atoms with E-state index in [9.17, 15) is 4.79 Å². The quantitative estimate of drug-likeness (QED) is 0.521. The molecule has 0 saturated heterocycles. The molecule has 0 radical (unpaired) electrons. The van der Waals surface area contributed by atoms with Crippen molar-refractivity contribution in [2.24, 2.45) is 11.8 Å². The Hall–Kier alpha value is -1.63. The molecule has 2 rings (SSSR count). The van der Waals surface area contributed by atoms with E-state index >= 15 is 0 Å². The minimum Gasteiger partial charge on any atom is -0.300 e. The van der Waals surface area contributed by atoms with E-state index in [4.69, 9.17) is 0 Å². The van der Waals surface area contributed by atoms with Gasteiger partial charge in [0.2, 0.25) is 0 Å². The Bertz CT molecular complexity index is 513. The molecule has 1 heteroatoms. The topological polar surface area (TPSA) is 17.1 Å². The molecule has 0 spiro atoms. The van der Waals surface area contributed by atoms with E-state index in [0.717, 1.165) is 43.2 Å². The first-order chi connectivity index (χ1) is 12.6. The second-order valence-corrected chi connectivity index (χ2v) is 5.93. The fourth-order valence-electron chi connectivity index (χ4n) is 3.10. The maximum absolute atomic E-state index is 11.6. The number of ketones is 1. The summed E-state index contributed by atoms with van der Waals surface area (Å²) < 4.78 is 0. The van der Waals surface area contributed by atoms with Gasteiger partial charge in [-0.15, -0.1) is 0 Å². The lowest BCUT2D eigenvalue weighted by Crippen LogP contribution is -2.23. The highest BCUT2D eigenvalue weighted by atomic mass is 16.1. The molecule has 2 atom stereocenters. The van der Waals surface area contributed by atoms with Crippen molar-refractivity contribution in [1.82, 2.24) is 0 Å². The van der Waals surface area contributed by atoms with Crippen LogP contribution < -0.4 is 0 Å². The van der Waals surface area contributed by atoms with Gasteiger partial charge in [0.05, 0.1) is 0 Å². The van der Waals surface area contributed by atoms with Gasteiger partial charge < -0.3 is 0 Å². The minimum atomic E-state index is 0.446. The van der Waals surface area contributed by atoms with E-state index < -0.39 is 0 Å². The molecule has 148 valence electrons. The van der Waals surface area contributed by atoms with E-state index in [2.05, 4.69) is 38.3 Å². The van der Waals surface area contributed by atoms with Gasteiger partial charge in [-0.25, -0.2) is 0 Å². The zero-order valence-corrected chi connectivity index (χ0v) is 18.4. The first kappa shape index (κ1) is 26.6. The highest BCUT2D eigenvalue weighted by molar-refractivity contribution is 5.79. The molecular weight excluding hydrogens is 316 g/mol. The number of rotatable bonds is 5. The molecule has 26 heavy (non-hydrogen) atoms. The summed E-state index contributed by atoms with van der Waals surface area (Å²) in [6.45, 7) is 22.0. The summed E-state index contributed by atoms with van der Waals surface area (Å²) in [4.78, 5) is 11.6. The van der Waals surface area contributed by atoms with Crippen LogP contribution in [0, 0.1) is 11.8 Å². The van der Waals surface area contributed by atoms with E-state index in [1.165, 1.54) is 5.56 Å². The summed E-state index contributed by atoms with van der Waals surface area (Å²) in [5, 5.41) is 0. The van der Waals surface area contributed by atoms with E-state index in [0.29, 0.717) is 17.6 Å². The number of Topliss-reactive ketones (excluding diaryl/α,β-unsaturated/α-hetero) is 1. The van der Waals surface area contributed by atoms with Crippen molar-refractivity contribution < 1.29 is 4.79 Å². The molecule has 1 aromatic carbocycles. The number of hydrogen-bond acceptors (Lipinski definition) is 1. The van der Waals surface area contributed by atoms with Crippen LogP contribution in [0.15, 0.2) is 31.4 Å². The summed E-state index contributed by atoms with van der Waals surface area (Å²) in [7, 11) is 0. The number of aryl methyl sites for hydroxylation is 1. The van der Waals surface area contributed by atoms with Crippen LogP contribution in [0.4, 0.5) is 0 Å². The first-order valence-electron chi connectivity index (χ1n) is 10.5. The second-order valence-electron chi connectivity index (χ2n) is 5.93. The van der Waals surface area contributed by atoms with Gasteiger partial charge >= 0.3 is 0 Å². The normalized spacial score (nSPS) is 18.0. The predicted octanol–water partition coefficient (Wildman–Crippen LogP) is 7.99. The van der Waals surface area contributed by atoms with Gasteiger partial charge in [0.1, 0.15) is 5.78 Å². The molecule has 1 aliphatic rings. The third kappa shape index (κ3) is 9.17. The molecule has 1 fully saturated rings. The molecule has 1 aliphatic carbocycles. The monoisotopic (exact) mass is 358 g/mol. The fraction of sp³-hybridized carbons (Fsp3) is 0.560. The molecule has 0 amide bonds. The molecular formula is C25H42O. The second kappa shape index (κ2) is 16.8. The van der Waals surface area contributed by atoms with Gasteiger partial charge in [-0.2, -0.15) is 0 Å². The average molecular weight is 359 g/mol. The molecule has 1 saturated carbocycles. The van der Waals surface area contributed by atoms with Crippen molar-refractivity contribution in [3.05, 3.63) is 48.0 Å². The molecule has 1 nitrogen and oxygen atoms in total. The molecule has 0 bridgehead atoms. The SMILES string of the molecule is C=Cc1ccc(CCC2CC(=O)CCC2C)cc1C=C.CC.CC.CC. The van der Waals surface area contributed by atoms with Crippen LogP contribution in [-0.2, 0) is 11.2 Å². The number of hydrogen-bond donors (Lipinski definition) is 0. The third-order valence-electron chi connectivity index (χ3n) is 4.57. The molecule has 1 aromatic rings. The average Bonchev–Trinajstić information content (AvgIpc) is 2.72. The van der Waals surface area contributed by atoms with Crippen LogP contribution >= 0.6 is 0 Å². The van der Waals surface area contributed by atoms with E-state index in [1.54, 1.807) is 0 Å². The van der Waals surface area contributed by atoms with Crippen LogP contribution in [0.25, 0.3) is 12.2 Å². The Kier molecular flexibility index (Phi) is 17.2. The lowest BCUT2D eigenvalue weighted by atomic mass is 9.77. The van der Waals surface area contributed by atoms with Crippen LogP contribution in [-0.4, -0.2) is 5.78 Å². The summed E-state index contributed by atoms with van der Waals surface area (Å²) in [6, 6.07) is 6.47. The first-order valence-corrected chi connectivity index (χ1v) is 10.5. The molecule has 2 unspecified atom stereocenters. The van der Waals surface area contributed by atoms with Crippen molar-refractivity contribution in [1.29, 1.82) is 0 Å². The molecule has 0 aromatic heterocycles. The number of carbonyl (C=O) groups is 1. The molecule has 0 N–H and O–H groups in total. The van der Waals surface area contributed by atoms with Crippen LogP contribution in [0.5, 0.6) is 0 Å². The van der Waals surface area contributed by atoms with Crippen LogP contribution in [0.1, 0.15) is 90.8 Å². The van der Waals surface area contributed by atoms with Gasteiger partial charge in [0.15, 0.2) is 0 Å². The molecule has 0 aliphatic heterocycles. The Morgan fingerprint density at radius 1 is 1.00 bits per heavy atom. The van der Waals surface area contributed by atoms with Crippen molar-refractivity contribution in [2.45, 2.75) is 80.6 Å². The van der Waals surface area contributed by atoms with Crippen molar-refractivity contribution in [3.63, 3.8) is 0 Å². The smallest absolute Gasteiger partial charge is 0.133 e. The third-order valence-corrected chi connectivity index (χ3v) is 4.57. The standard InChI is InChI=1S/C19H24O.3C2H6/c1-4-16-9-7-15(12-17(16)5-2)8-10-18-13-19(20)11-6-14(18)3;3*1-2/h4-5,7,9,12,14,18H,1-2,6,8,10-11,13H2,3H3;3*1-2H3. The van der Waals surface area contributed by atoms with Gasteiger partial charge in [-0.05, 0) is 47.8 Å². The zero-order valence-electron chi connectivity index (χ0n) is 18.4. The summed E-state index contributed by atoms with van der Waals surface area (Å²) in [5.41, 5.74) is 3.60. The Labute approximate surface area is 163 Å². The lowest BCUT2D eigenvalue weighted by Gasteiger charge is -2.27. The highest BCUT2D eigenvalue weighted by Gasteiger charge is 2.25. The van der Waals surface area contributed by atoms with Crippen LogP contribution in [0.2, 0.25) is 0 Å². The van der Waals surface area contributed by atoms with Crippen molar-refractivity contribution in [2.75, 3.05) is 0 Å². The highest BCUT2D eigenvalue weighted by Crippen LogP contribution is 2.31. The van der Waals surface area contributed by atoms with Crippen LogP contribution in [0.3, 0.4) is 0 Å². The zero-order chi connectivity index (χ0) is 20.5. The van der Waals surface area contributed by atoms with Gasteiger partial charge in [0.25, 0.3) is 0 Å². The van der Waals surface area contributed by atoms with Crippen molar-refractivity contribution in [3.8, 4) is 0 Å². The Morgan fingerprint density at radius 3 is 2.12 bits per heavy atom. The Balaban J connectivity index is 0. The van der Waals surface area contributed by atoms with Gasteiger partial charge in [-0.3, -0.25) is 4.79 Å². The predicted molar refractivity (Wildman–Crippen MR) is 121 cm³/mol. The van der Waals surface area contributed by atoms with E-state index in [-0.39, 0.29) is 0 Å². The van der Waals surface area contributed by atoms with Crippen molar-refractivity contribution >= 4 is 17.9 Å². The van der Waals surface area contributed by atoms with Gasteiger partial charge in [-0.1, -0.05) is 92.0 Å².